The predicted molar refractivity (Wildman–Crippen MR) is 69.1 cm³/mol. The summed E-state index contributed by atoms with van der Waals surface area (Å²) in [4.78, 5) is 13.2. The van der Waals surface area contributed by atoms with Gasteiger partial charge in [0.05, 0.1) is 0 Å². The van der Waals surface area contributed by atoms with Crippen LogP contribution in [0.3, 0.4) is 0 Å². The molecule has 0 amide bonds. The van der Waals surface area contributed by atoms with Gasteiger partial charge in [0, 0.05) is 17.0 Å². The smallest absolute Gasteiger partial charge is 0.179 e. The van der Waals surface area contributed by atoms with E-state index in [4.69, 9.17) is 11.6 Å². The minimum absolute atomic E-state index is 0.509. The summed E-state index contributed by atoms with van der Waals surface area (Å²) in [6, 6.07) is 5.79. The molecule has 2 aromatic rings. The standard InChI is InChI=1S/C13H14ClN3/c1-4-10-9(3)12(14)17-13(16-10)11-7-5-6-8(2)15-11/h5-7H,4H2,1-3H3. The van der Waals surface area contributed by atoms with E-state index in [1.165, 1.54) is 0 Å². The molecule has 0 saturated carbocycles. The molecule has 0 fully saturated rings. The lowest BCUT2D eigenvalue weighted by Crippen LogP contribution is -2.01. The number of hydrogen-bond acceptors (Lipinski definition) is 3. The quantitative estimate of drug-likeness (QED) is 0.764. The van der Waals surface area contributed by atoms with Crippen molar-refractivity contribution in [1.82, 2.24) is 15.0 Å². The zero-order valence-electron chi connectivity index (χ0n) is 10.2. The Morgan fingerprint density at radius 2 is 1.88 bits per heavy atom. The second-order valence-corrected chi connectivity index (χ2v) is 4.29. The van der Waals surface area contributed by atoms with E-state index in [9.17, 15) is 0 Å². The van der Waals surface area contributed by atoms with Gasteiger partial charge in [-0.3, -0.25) is 0 Å². The van der Waals surface area contributed by atoms with Crippen molar-refractivity contribution in [3.05, 3.63) is 40.3 Å². The van der Waals surface area contributed by atoms with Gasteiger partial charge >= 0.3 is 0 Å². The Morgan fingerprint density at radius 3 is 2.53 bits per heavy atom. The summed E-state index contributed by atoms with van der Waals surface area (Å²) >= 11 is 6.11. The third kappa shape index (κ3) is 2.44. The van der Waals surface area contributed by atoms with Gasteiger partial charge in [0.25, 0.3) is 0 Å². The second kappa shape index (κ2) is 4.80. The van der Waals surface area contributed by atoms with Gasteiger partial charge < -0.3 is 0 Å². The molecule has 88 valence electrons. The maximum Gasteiger partial charge on any atom is 0.179 e. The molecule has 0 N–H and O–H groups in total. The van der Waals surface area contributed by atoms with E-state index >= 15 is 0 Å². The Morgan fingerprint density at radius 1 is 1.12 bits per heavy atom. The summed E-state index contributed by atoms with van der Waals surface area (Å²) in [5.74, 6) is 0.598. The Kier molecular flexibility index (Phi) is 3.38. The molecule has 3 nitrogen and oxygen atoms in total. The largest absolute Gasteiger partial charge is 0.250 e. The lowest BCUT2D eigenvalue weighted by atomic mass is 10.2. The minimum atomic E-state index is 0.509. The van der Waals surface area contributed by atoms with Gasteiger partial charge in [-0.1, -0.05) is 24.6 Å². The maximum atomic E-state index is 6.11. The molecule has 0 aliphatic heterocycles. The van der Waals surface area contributed by atoms with Crippen LogP contribution in [0.1, 0.15) is 23.9 Å². The fourth-order valence-corrected chi connectivity index (χ4v) is 1.85. The Labute approximate surface area is 106 Å². The first kappa shape index (κ1) is 12.0. The Bertz CT molecular complexity index is 552. The predicted octanol–water partition coefficient (Wildman–Crippen LogP) is 3.37. The van der Waals surface area contributed by atoms with Crippen LogP contribution >= 0.6 is 11.6 Å². The van der Waals surface area contributed by atoms with E-state index in [0.29, 0.717) is 11.0 Å². The molecule has 0 bridgehead atoms. The van der Waals surface area contributed by atoms with Crippen LogP contribution < -0.4 is 0 Å². The lowest BCUT2D eigenvalue weighted by Gasteiger charge is -2.07. The average Bonchev–Trinajstić information content (AvgIpc) is 2.32. The van der Waals surface area contributed by atoms with Gasteiger partial charge in [-0.05, 0) is 32.4 Å². The van der Waals surface area contributed by atoms with Crippen LogP contribution in [-0.4, -0.2) is 15.0 Å². The summed E-state index contributed by atoms with van der Waals surface area (Å²) in [7, 11) is 0. The first-order valence-corrected chi connectivity index (χ1v) is 5.96. The van der Waals surface area contributed by atoms with Crippen molar-refractivity contribution in [3.63, 3.8) is 0 Å². The van der Waals surface area contributed by atoms with Gasteiger partial charge in [-0.2, -0.15) is 0 Å². The van der Waals surface area contributed by atoms with Gasteiger partial charge in [-0.15, -0.1) is 0 Å². The molecule has 17 heavy (non-hydrogen) atoms. The van der Waals surface area contributed by atoms with Crippen LogP contribution in [0.4, 0.5) is 0 Å². The molecule has 2 aromatic heterocycles. The van der Waals surface area contributed by atoms with Crippen molar-refractivity contribution in [1.29, 1.82) is 0 Å². The van der Waals surface area contributed by atoms with E-state index in [1.54, 1.807) is 0 Å². The van der Waals surface area contributed by atoms with Crippen molar-refractivity contribution in [2.45, 2.75) is 27.2 Å². The summed E-state index contributed by atoms with van der Waals surface area (Å²) in [5, 5.41) is 0.509. The summed E-state index contributed by atoms with van der Waals surface area (Å²) in [6.07, 6.45) is 0.840. The Hall–Kier alpha value is -1.48. The number of aromatic nitrogens is 3. The van der Waals surface area contributed by atoms with Gasteiger partial charge in [-0.25, -0.2) is 15.0 Å². The first-order chi connectivity index (χ1) is 8.11. The number of nitrogens with zero attached hydrogens (tertiary/aromatic N) is 3. The van der Waals surface area contributed by atoms with E-state index in [1.807, 2.05) is 32.0 Å². The van der Waals surface area contributed by atoms with Gasteiger partial charge in [0.15, 0.2) is 5.82 Å². The zero-order chi connectivity index (χ0) is 12.4. The third-order valence-corrected chi connectivity index (χ3v) is 3.01. The maximum absolute atomic E-state index is 6.11. The molecule has 0 aromatic carbocycles. The Balaban J connectivity index is 2.56. The molecule has 2 heterocycles. The van der Waals surface area contributed by atoms with E-state index in [0.717, 1.165) is 29.1 Å². The zero-order valence-corrected chi connectivity index (χ0v) is 10.9. The van der Waals surface area contributed by atoms with E-state index < -0.39 is 0 Å². The van der Waals surface area contributed by atoms with Crippen LogP contribution in [0.2, 0.25) is 5.15 Å². The molecule has 0 unspecified atom stereocenters. The molecular formula is C13H14ClN3. The number of halogens is 1. The van der Waals surface area contributed by atoms with E-state index in [-0.39, 0.29) is 0 Å². The van der Waals surface area contributed by atoms with E-state index in [2.05, 4.69) is 21.9 Å². The second-order valence-electron chi connectivity index (χ2n) is 3.93. The van der Waals surface area contributed by atoms with Crippen molar-refractivity contribution in [2.24, 2.45) is 0 Å². The SMILES string of the molecule is CCc1nc(-c2cccc(C)n2)nc(Cl)c1C. The fraction of sp³-hybridized carbons (Fsp3) is 0.308. The molecule has 0 aliphatic carbocycles. The normalized spacial score (nSPS) is 10.6. The minimum Gasteiger partial charge on any atom is -0.250 e. The molecule has 0 spiro atoms. The van der Waals surface area contributed by atoms with Crippen LogP contribution in [0, 0.1) is 13.8 Å². The highest BCUT2D eigenvalue weighted by Gasteiger charge is 2.10. The summed E-state index contributed by atoms with van der Waals surface area (Å²) in [5.41, 5.74) is 3.64. The highest BCUT2D eigenvalue weighted by Crippen LogP contribution is 2.21. The topological polar surface area (TPSA) is 38.7 Å². The number of aryl methyl sites for hydroxylation is 2. The average molecular weight is 248 g/mol. The van der Waals surface area contributed by atoms with Crippen LogP contribution in [0.5, 0.6) is 0 Å². The third-order valence-electron chi connectivity index (χ3n) is 2.64. The van der Waals surface area contributed by atoms with Crippen molar-refractivity contribution in [2.75, 3.05) is 0 Å². The summed E-state index contributed by atoms with van der Waals surface area (Å²) in [6.45, 7) is 5.94. The fourth-order valence-electron chi connectivity index (χ4n) is 1.66. The molecule has 0 aliphatic rings. The van der Waals surface area contributed by atoms with Crippen molar-refractivity contribution >= 4 is 11.6 Å². The van der Waals surface area contributed by atoms with Gasteiger partial charge in [0.2, 0.25) is 0 Å². The first-order valence-electron chi connectivity index (χ1n) is 5.59. The molecular weight excluding hydrogens is 234 g/mol. The monoisotopic (exact) mass is 247 g/mol. The highest BCUT2D eigenvalue weighted by atomic mass is 35.5. The van der Waals surface area contributed by atoms with Crippen molar-refractivity contribution < 1.29 is 0 Å². The molecule has 4 heteroatoms. The van der Waals surface area contributed by atoms with Gasteiger partial charge in [0.1, 0.15) is 10.8 Å². The summed E-state index contributed by atoms with van der Waals surface area (Å²) < 4.78 is 0. The van der Waals surface area contributed by atoms with Crippen LogP contribution in [0.25, 0.3) is 11.5 Å². The molecule has 0 atom stereocenters. The molecule has 0 radical (unpaired) electrons. The molecule has 2 rings (SSSR count). The van der Waals surface area contributed by atoms with Crippen molar-refractivity contribution in [3.8, 4) is 11.5 Å². The van der Waals surface area contributed by atoms with Crippen LogP contribution in [-0.2, 0) is 6.42 Å². The number of pyridine rings is 1. The highest BCUT2D eigenvalue weighted by molar-refractivity contribution is 6.30. The lowest BCUT2D eigenvalue weighted by molar-refractivity contribution is 0.968. The van der Waals surface area contributed by atoms with Crippen LogP contribution in [0.15, 0.2) is 18.2 Å². The number of rotatable bonds is 2. The number of hydrogen-bond donors (Lipinski definition) is 0. The molecule has 0 saturated heterocycles.